The third kappa shape index (κ3) is 3.39. The third-order valence-electron chi connectivity index (χ3n) is 2.53. The van der Waals surface area contributed by atoms with E-state index in [1.54, 1.807) is 0 Å². The lowest BCUT2D eigenvalue weighted by Crippen LogP contribution is -2.64. The van der Waals surface area contributed by atoms with E-state index in [0.29, 0.717) is 0 Å². The third-order valence-corrected chi connectivity index (χ3v) is 2.53. The van der Waals surface area contributed by atoms with Crippen molar-refractivity contribution in [2.75, 3.05) is 6.61 Å². The summed E-state index contributed by atoms with van der Waals surface area (Å²) in [6.07, 6.45) is -5.15. The zero-order valence-corrected chi connectivity index (χ0v) is 10.1. The average Bonchev–Trinajstić information content (AvgIpc) is 2.27. The predicted octanol–water partition coefficient (Wildman–Crippen LogP) is -2.51. The molecule has 0 saturated carbocycles. The van der Waals surface area contributed by atoms with Crippen molar-refractivity contribution >= 4 is 11.9 Å². The molecule has 0 aromatic carbocycles. The van der Waals surface area contributed by atoms with Gasteiger partial charge in [-0.3, -0.25) is 9.59 Å². The van der Waals surface area contributed by atoms with Crippen LogP contribution in [0.3, 0.4) is 0 Å². The molecule has 18 heavy (non-hydrogen) atoms. The van der Waals surface area contributed by atoms with Gasteiger partial charge in [-0.15, -0.1) is 0 Å². The molecule has 104 valence electrons. The van der Waals surface area contributed by atoms with E-state index < -0.39 is 49.1 Å². The molecule has 1 fully saturated rings. The number of rotatable bonds is 3. The first kappa shape index (κ1) is 14.8. The molecule has 0 spiro atoms. The van der Waals surface area contributed by atoms with Gasteiger partial charge in [0.15, 0.2) is 0 Å². The fourth-order valence-corrected chi connectivity index (χ4v) is 1.73. The fourth-order valence-electron chi connectivity index (χ4n) is 1.73. The molecule has 1 amide bonds. The normalized spacial score (nSPS) is 35.9. The van der Waals surface area contributed by atoms with E-state index in [1.807, 2.05) is 0 Å². The van der Waals surface area contributed by atoms with Gasteiger partial charge in [0, 0.05) is 13.8 Å². The topological polar surface area (TPSA) is 125 Å². The van der Waals surface area contributed by atoms with E-state index in [4.69, 9.17) is 14.6 Å². The Balaban J connectivity index is 2.86. The van der Waals surface area contributed by atoms with Crippen LogP contribution in [0.25, 0.3) is 0 Å². The van der Waals surface area contributed by atoms with Gasteiger partial charge < -0.3 is 30.1 Å². The van der Waals surface area contributed by atoms with Crippen molar-refractivity contribution in [2.45, 2.75) is 44.5 Å². The molecule has 8 heteroatoms. The number of aliphatic hydroxyl groups is 3. The van der Waals surface area contributed by atoms with Crippen LogP contribution in [-0.4, -0.2) is 64.4 Å². The summed E-state index contributed by atoms with van der Waals surface area (Å²) < 4.78 is 9.92. The van der Waals surface area contributed by atoms with Gasteiger partial charge in [-0.25, -0.2) is 0 Å². The minimum absolute atomic E-state index is 0.477. The van der Waals surface area contributed by atoms with E-state index >= 15 is 0 Å². The number of hydrogen-bond donors (Lipinski definition) is 4. The lowest BCUT2D eigenvalue weighted by Gasteiger charge is -2.41. The van der Waals surface area contributed by atoms with Crippen LogP contribution < -0.4 is 5.32 Å². The minimum atomic E-state index is -1.41. The molecule has 1 heterocycles. The highest BCUT2D eigenvalue weighted by molar-refractivity contribution is 5.73. The molecule has 1 aliphatic rings. The van der Waals surface area contributed by atoms with E-state index in [2.05, 4.69) is 5.32 Å². The summed E-state index contributed by atoms with van der Waals surface area (Å²) in [7, 11) is 0. The summed E-state index contributed by atoms with van der Waals surface area (Å²) in [5.41, 5.74) is 0. The lowest BCUT2D eigenvalue weighted by molar-refractivity contribution is -0.262. The summed E-state index contributed by atoms with van der Waals surface area (Å²) >= 11 is 0. The number of nitrogens with one attached hydrogen (secondary N) is 1. The van der Waals surface area contributed by atoms with Crippen molar-refractivity contribution in [3.8, 4) is 0 Å². The number of ether oxygens (including phenoxy) is 2. The number of amides is 1. The van der Waals surface area contributed by atoms with E-state index in [0.717, 1.165) is 6.92 Å². The number of carbonyl (C=O) groups is 2. The maximum Gasteiger partial charge on any atom is 0.305 e. The second kappa shape index (κ2) is 6.10. The van der Waals surface area contributed by atoms with E-state index in [9.17, 15) is 19.8 Å². The van der Waals surface area contributed by atoms with Crippen molar-refractivity contribution in [3.05, 3.63) is 0 Å². The van der Waals surface area contributed by atoms with Crippen molar-refractivity contribution in [1.82, 2.24) is 5.32 Å². The molecule has 0 unspecified atom stereocenters. The van der Waals surface area contributed by atoms with E-state index in [1.165, 1.54) is 6.92 Å². The predicted molar refractivity (Wildman–Crippen MR) is 57.1 cm³/mol. The van der Waals surface area contributed by atoms with Crippen molar-refractivity contribution in [3.63, 3.8) is 0 Å². The molecule has 0 aromatic heterocycles. The van der Waals surface area contributed by atoms with Crippen LogP contribution in [0.1, 0.15) is 13.8 Å². The van der Waals surface area contributed by atoms with Gasteiger partial charge in [0.05, 0.1) is 6.61 Å². The average molecular weight is 263 g/mol. The molecule has 1 rings (SSSR count). The van der Waals surface area contributed by atoms with Crippen LogP contribution in [0.2, 0.25) is 0 Å². The second-order valence-corrected chi connectivity index (χ2v) is 4.04. The zero-order valence-electron chi connectivity index (χ0n) is 10.1. The monoisotopic (exact) mass is 263 g/mol. The van der Waals surface area contributed by atoms with Gasteiger partial charge in [0.25, 0.3) is 0 Å². The number of carbonyl (C=O) groups excluding carboxylic acids is 2. The van der Waals surface area contributed by atoms with Crippen LogP contribution in [-0.2, 0) is 19.1 Å². The Hall–Kier alpha value is -1.22. The number of esters is 1. The van der Waals surface area contributed by atoms with Crippen molar-refractivity contribution in [1.29, 1.82) is 0 Å². The smallest absolute Gasteiger partial charge is 0.305 e. The van der Waals surface area contributed by atoms with Crippen LogP contribution >= 0.6 is 0 Å². The van der Waals surface area contributed by atoms with Gasteiger partial charge >= 0.3 is 5.97 Å². The molecular weight excluding hydrogens is 246 g/mol. The van der Waals surface area contributed by atoms with Gasteiger partial charge in [-0.2, -0.15) is 0 Å². The highest BCUT2D eigenvalue weighted by atomic mass is 16.7. The molecule has 4 N–H and O–H groups in total. The van der Waals surface area contributed by atoms with Crippen LogP contribution in [0.4, 0.5) is 0 Å². The maximum atomic E-state index is 11.0. The Bertz CT molecular complexity index is 321. The van der Waals surface area contributed by atoms with E-state index in [-0.39, 0.29) is 0 Å². The Morgan fingerprint density at radius 2 is 1.89 bits per heavy atom. The molecule has 0 bridgehead atoms. The number of aliphatic hydroxyl groups excluding tert-OH is 3. The fraction of sp³-hybridized carbons (Fsp3) is 0.800. The second-order valence-electron chi connectivity index (χ2n) is 4.04. The van der Waals surface area contributed by atoms with Crippen LogP contribution in [0, 0.1) is 0 Å². The van der Waals surface area contributed by atoms with Crippen LogP contribution in [0.5, 0.6) is 0 Å². The van der Waals surface area contributed by atoms with Crippen molar-refractivity contribution in [2.24, 2.45) is 0 Å². The Morgan fingerprint density at radius 3 is 2.33 bits per heavy atom. The summed E-state index contributed by atoms with van der Waals surface area (Å²) in [5, 5.41) is 30.8. The molecule has 0 aliphatic carbocycles. The Labute approximate surface area is 104 Å². The maximum absolute atomic E-state index is 11.0. The van der Waals surface area contributed by atoms with Crippen molar-refractivity contribution < 1.29 is 34.4 Å². The first-order chi connectivity index (χ1) is 8.36. The molecular formula is C10H17NO7. The first-order valence-corrected chi connectivity index (χ1v) is 5.43. The highest BCUT2D eigenvalue weighted by Gasteiger charge is 2.46. The highest BCUT2D eigenvalue weighted by Crippen LogP contribution is 2.22. The van der Waals surface area contributed by atoms with Gasteiger partial charge in [-0.1, -0.05) is 0 Å². The standard InChI is InChI=1S/C10H17NO7/c1-4(13)11-7-9(16)8(15)6(3-12)18-10(7)17-5(2)14/h6-10,12,15-16H,3H2,1-2H3,(H,11,13)/t6-,7-,8-,9-,10+/m1/s1. The summed E-state index contributed by atoms with van der Waals surface area (Å²) in [5.74, 6) is -1.15. The minimum Gasteiger partial charge on any atom is -0.434 e. The molecule has 1 aliphatic heterocycles. The molecule has 8 nitrogen and oxygen atoms in total. The summed E-state index contributed by atoms with van der Waals surface area (Å²) in [4.78, 5) is 21.9. The quantitative estimate of drug-likeness (QED) is 0.414. The molecule has 0 radical (unpaired) electrons. The first-order valence-electron chi connectivity index (χ1n) is 5.43. The molecule has 0 aromatic rings. The lowest BCUT2D eigenvalue weighted by atomic mass is 9.97. The summed E-state index contributed by atoms with van der Waals surface area (Å²) in [6.45, 7) is 1.80. The number of hydrogen-bond acceptors (Lipinski definition) is 7. The zero-order chi connectivity index (χ0) is 13.9. The molecule has 1 saturated heterocycles. The molecule has 5 atom stereocenters. The SMILES string of the molecule is CC(=O)N[C@H]1[C@@H](OC(C)=O)O[C@H](CO)[C@@H](O)[C@@H]1O. The Morgan fingerprint density at radius 1 is 1.28 bits per heavy atom. The van der Waals surface area contributed by atoms with Gasteiger partial charge in [0.2, 0.25) is 12.2 Å². The largest absolute Gasteiger partial charge is 0.434 e. The van der Waals surface area contributed by atoms with Gasteiger partial charge in [0.1, 0.15) is 24.4 Å². The summed E-state index contributed by atoms with van der Waals surface area (Å²) in [6, 6.07) is -1.09. The van der Waals surface area contributed by atoms with Crippen LogP contribution in [0.15, 0.2) is 0 Å². The Kier molecular flexibility index (Phi) is 5.03. The van der Waals surface area contributed by atoms with Gasteiger partial charge in [-0.05, 0) is 0 Å².